The minimum atomic E-state index is -0.783. The predicted molar refractivity (Wildman–Crippen MR) is 298 cm³/mol. The molecule has 0 saturated heterocycles. The third-order valence-corrected chi connectivity index (χ3v) is 13.3. The molecule has 402 valence electrons. The van der Waals surface area contributed by atoms with E-state index in [1.54, 1.807) is 0 Å². The Morgan fingerprint density at radius 3 is 0.855 bits per heavy atom. The van der Waals surface area contributed by atoms with Crippen LogP contribution in [0.4, 0.5) is 0 Å². The monoisotopic (exact) mass is 967 g/mol. The molecule has 0 saturated carbocycles. The summed E-state index contributed by atoms with van der Waals surface area (Å²) in [5, 5.41) is 0. The highest BCUT2D eigenvalue weighted by Gasteiger charge is 2.19. The summed E-state index contributed by atoms with van der Waals surface area (Å²) in [7, 11) is 0. The van der Waals surface area contributed by atoms with E-state index < -0.39 is 6.10 Å². The summed E-state index contributed by atoms with van der Waals surface area (Å²) in [6.45, 7) is 6.63. The second-order valence-electron chi connectivity index (χ2n) is 20.3. The largest absolute Gasteiger partial charge is 0.462 e. The topological polar surface area (TPSA) is 78.9 Å². The van der Waals surface area contributed by atoms with Gasteiger partial charge in [-0.2, -0.15) is 0 Å². The zero-order chi connectivity index (χ0) is 50.0. The van der Waals surface area contributed by atoms with Gasteiger partial charge in [0.1, 0.15) is 13.2 Å². The molecular formula is C63H114O6. The first kappa shape index (κ1) is 66.4. The normalized spacial score (nSPS) is 12.3. The van der Waals surface area contributed by atoms with Crippen LogP contribution in [-0.2, 0) is 28.6 Å². The highest BCUT2D eigenvalue weighted by Crippen LogP contribution is 2.16. The van der Waals surface area contributed by atoms with E-state index in [2.05, 4.69) is 69.4 Å². The highest BCUT2D eigenvalue weighted by atomic mass is 16.6. The Morgan fingerprint density at radius 2 is 0.522 bits per heavy atom. The fourth-order valence-electron chi connectivity index (χ4n) is 8.74. The van der Waals surface area contributed by atoms with Crippen molar-refractivity contribution in [3.8, 4) is 0 Å². The lowest BCUT2D eigenvalue weighted by atomic mass is 10.0. The summed E-state index contributed by atoms with van der Waals surface area (Å²) in [6.07, 6.45) is 71.0. The highest BCUT2D eigenvalue weighted by molar-refractivity contribution is 5.71. The molecule has 6 nitrogen and oxygen atoms in total. The van der Waals surface area contributed by atoms with E-state index in [0.717, 1.165) is 83.5 Å². The first-order valence-corrected chi connectivity index (χ1v) is 30.1. The number of ether oxygens (including phenoxy) is 3. The predicted octanol–water partition coefficient (Wildman–Crippen LogP) is 20.2. The van der Waals surface area contributed by atoms with Gasteiger partial charge in [0, 0.05) is 19.3 Å². The molecular weight excluding hydrogens is 853 g/mol. The van der Waals surface area contributed by atoms with Gasteiger partial charge in [-0.1, -0.05) is 262 Å². The van der Waals surface area contributed by atoms with Crippen molar-refractivity contribution in [3.05, 3.63) is 48.6 Å². The van der Waals surface area contributed by atoms with Crippen molar-refractivity contribution in [1.82, 2.24) is 0 Å². The SMILES string of the molecule is CCCCC/C=C\C/C=C\C/C=C\CCCCCCC(=O)OC[C@@H](COC(=O)CCCCCCCCCCCCCCCCCCC)OC(=O)CCCCCCCCC/C=C\CCCCCCCC. The van der Waals surface area contributed by atoms with Crippen LogP contribution < -0.4 is 0 Å². The Hall–Kier alpha value is -2.63. The average molecular weight is 968 g/mol. The maximum Gasteiger partial charge on any atom is 0.306 e. The van der Waals surface area contributed by atoms with E-state index in [4.69, 9.17) is 14.2 Å². The molecule has 0 aromatic rings. The molecule has 0 fully saturated rings. The Balaban J connectivity index is 4.39. The van der Waals surface area contributed by atoms with Gasteiger partial charge in [-0.25, -0.2) is 0 Å². The number of allylic oxidation sites excluding steroid dienone is 8. The fourth-order valence-corrected chi connectivity index (χ4v) is 8.74. The second-order valence-corrected chi connectivity index (χ2v) is 20.3. The fraction of sp³-hybridized carbons (Fsp3) is 0.825. The number of unbranched alkanes of at least 4 members (excludes halogenated alkanes) is 36. The van der Waals surface area contributed by atoms with Gasteiger partial charge in [-0.3, -0.25) is 14.4 Å². The van der Waals surface area contributed by atoms with Crippen LogP contribution in [0.1, 0.15) is 316 Å². The zero-order valence-corrected chi connectivity index (χ0v) is 46.1. The van der Waals surface area contributed by atoms with Crippen LogP contribution in [-0.4, -0.2) is 37.2 Å². The lowest BCUT2D eigenvalue weighted by molar-refractivity contribution is -0.167. The molecule has 0 aliphatic heterocycles. The maximum absolute atomic E-state index is 12.9. The van der Waals surface area contributed by atoms with Gasteiger partial charge in [-0.15, -0.1) is 0 Å². The first-order valence-electron chi connectivity index (χ1n) is 30.1. The molecule has 6 heteroatoms. The van der Waals surface area contributed by atoms with Crippen LogP contribution in [0, 0.1) is 0 Å². The Bertz CT molecular complexity index is 1200. The smallest absolute Gasteiger partial charge is 0.306 e. The Labute approximate surface area is 428 Å². The summed E-state index contributed by atoms with van der Waals surface area (Å²) in [4.78, 5) is 38.2. The van der Waals surface area contributed by atoms with E-state index in [0.29, 0.717) is 19.3 Å². The van der Waals surface area contributed by atoms with Gasteiger partial charge < -0.3 is 14.2 Å². The lowest BCUT2D eigenvalue weighted by Crippen LogP contribution is -2.30. The van der Waals surface area contributed by atoms with E-state index in [1.807, 2.05) is 0 Å². The molecule has 0 radical (unpaired) electrons. The minimum Gasteiger partial charge on any atom is -0.462 e. The zero-order valence-electron chi connectivity index (χ0n) is 46.1. The van der Waals surface area contributed by atoms with Crippen LogP contribution in [0.2, 0.25) is 0 Å². The molecule has 0 amide bonds. The second kappa shape index (κ2) is 57.9. The van der Waals surface area contributed by atoms with E-state index in [1.165, 1.54) is 193 Å². The summed E-state index contributed by atoms with van der Waals surface area (Å²) < 4.78 is 16.9. The van der Waals surface area contributed by atoms with Crippen molar-refractivity contribution in [3.63, 3.8) is 0 Å². The van der Waals surface area contributed by atoms with Gasteiger partial charge in [0.2, 0.25) is 0 Å². The van der Waals surface area contributed by atoms with Gasteiger partial charge in [0.15, 0.2) is 6.10 Å². The number of carbonyl (C=O) groups excluding carboxylic acids is 3. The Morgan fingerprint density at radius 1 is 0.290 bits per heavy atom. The molecule has 0 aliphatic rings. The number of hydrogen-bond acceptors (Lipinski definition) is 6. The number of esters is 3. The Kier molecular flexibility index (Phi) is 55.7. The number of hydrogen-bond donors (Lipinski definition) is 0. The third kappa shape index (κ3) is 56.2. The number of rotatable bonds is 55. The molecule has 0 aromatic carbocycles. The van der Waals surface area contributed by atoms with Crippen molar-refractivity contribution < 1.29 is 28.6 Å². The molecule has 69 heavy (non-hydrogen) atoms. The van der Waals surface area contributed by atoms with Gasteiger partial charge in [-0.05, 0) is 83.5 Å². The van der Waals surface area contributed by atoms with Gasteiger partial charge in [0.25, 0.3) is 0 Å². The van der Waals surface area contributed by atoms with Gasteiger partial charge >= 0.3 is 17.9 Å². The quantitative estimate of drug-likeness (QED) is 0.0262. The molecule has 0 aromatic heterocycles. The maximum atomic E-state index is 12.9. The minimum absolute atomic E-state index is 0.0788. The van der Waals surface area contributed by atoms with Crippen LogP contribution in [0.5, 0.6) is 0 Å². The first-order chi connectivity index (χ1) is 34.0. The van der Waals surface area contributed by atoms with Crippen molar-refractivity contribution in [2.24, 2.45) is 0 Å². The van der Waals surface area contributed by atoms with Crippen molar-refractivity contribution in [1.29, 1.82) is 0 Å². The molecule has 0 rings (SSSR count). The lowest BCUT2D eigenvalue weighted by Gasteiger charge is -2.18. The summed E-state index contributed by atoms with van der Waals surface area (Å²) in [5.41, 5.74) is 0. The summed E-state index contributed by atoms with van der Waals surface area (Å²) in [5.74, 6) is -0.888. The van der Waals surface area contributed by atoms with E-state index in [9.17, 15) is 14.4 Å². The van der Waals surface area contributed by atoms with Crippen molar-refractivity contribution >= 4 is 17.9 Å². The summed E-state index contributed by atoms with van der Waals surface area (Å²) >= 11 is 0. The molecule has 0 N–H and O–H groups in total. The molecule has 0 bridgehead atoms. The van der Waals surface area contributed by atoms with Crippen LogP contribution in [0.25, 0.3) is 0 Å². The van der Waals surface area contributed by atoms with Crippen molar-refractivity contribution in [2.75, 3.05) is 13.2 Å². The van der Waals surface area contributed by atoms with Crippen LogP contribution in [0.3, 0.4) is 0 Å². The molecule has 1 atom stereocenters. The average Bonchev–Trinajstić information content (AvgIpc) is 3.35. The van der Waals surface area contributed by atoms with Crippen LogP contribution in [0.15, 0.2) is 48.6 Å². The van der Waals surface area contributed by atoms with E-state index in [-0.39, 0.29) is 31.1 Å². The van der Waals surface area contributed by atoms with Crippen molar-refractivity contribution in [2.45, 2.75) is 322 Å². The standard InChI is InChI=1S/C63H114O6/c1-4-7-10-13-16-19-22-25-28-31-34-37-40-43-46-49-52-55-61(64)67-58-60(69-63(66)57-54-51-48-45-42-39-36-33-30-27-24-21-18-15-12-9-6-3)59-68-62(65)56-53-50-47-44-41-38-35-32-29-26-23-20-17-14-11-8-5-2/h16,19,25,27-28,30,34,37,60H,4-15,17-18,20-24,26,29,31-33,35-36,38-59H2,1-3H3/b19-16-,28-25-,30-27-,37-34-/t60-/m0/s1. The molecule has 0 spiro atoms. The third-order valence-electron chi connectivity index (χ3n) is 13.3. The molecule has 0 aliphatic carbocycles. The van der Waals surface area contributed by atoms with Crippen LogP contribution >= 0.6 is 0 Å². The number of carbonyl (C=O) groups is 3. The van der Waals surface area contributed by atoms with E-state index >= 15 is 0 Å². The molecule has 0 unspecified atom stereocenters. The van der Waals surface area contributed by atoms with Gasteiger partial charge in [0.05, 0.1) is 0 Å². The summed E-state index contributed by atoms with van der Waals surface area (Å²) in [6, 6.07) is 0. The molecule has 0 heterocycles.